The number of hydrogen-bond donors (Lipinski definition) is 0. The van der Waals surface area contributed by atoms with Gasteiger partial charge in [0.2, 0.25) is 0 Å². The van der Waals surface area contributed by atoms with Crippen molar-refractivity contribution in [3.8, 4) is 6.07 Å². The third kappa shape index (κ3) is 2.87. The van der Waals surface area contributed by atoms with Crippen LogP contribution in [0.5, 0.6) is 0 Å². The van der Waals surface area contributed by atoms with Crippen molar-refractivity contribution < 1.29 is 0 Å². The first-order valence-corrected chi connectivity index (χ1v) is 4.37. The van der Waals surface area contributed by atoms with Gasteiger partial charge in [0.15, 0.2) is 0 Å². The van der Waals surface area contributed by atoms with Crippen LogP contribution in [0.15, 0.2) is 18.3 Å². The predicted octanol–water partition coefficient (Wildman–Crippen LogP) is 2.54. The zero-order valence-electron chi connectivity index (χ0n) is 8.33. The minimum atomic E-state index is 0.203. The van der Waals surface area contributed by atoms with Crippen LogP contribution in [0.25, 0.3) is 0 Å². The zero-order chi connectivity index (χ0) is 9.90. The van der Waals surface area contributed by atoms with Gasteiger partial charge in [-0.2, -0.15) is 5.26 Å². The molecule has 68 valence electrons. The second kappa shape index (κ2) is 3.57. The van der Waals surface area contributed by atoms with Crippen LogP contribution >= 0.6 is 0 Å². The molecule has 0 amide bonds. The maximum atomic E-state index is 8.80. The van der Waals surface area contributed by atoms with Gasteiger partial charge in [-0.05, 0) is 23.5 Å². The first kappa shape index (κ1) is 9.73. The Morgan fingerprint density at radius 3 is 2.69 bits per heavy atom. The summed E-state index contributed by atoms with van der Waals surface area (Å²) in [6.07, 6.45) is 2.55. The highest BCUT2D eigenvalue weighted by Crippen LogP contribution is 2.21. The Labute approximate surface area is 79.2 Å². The van der Waals surface area contributed by atoms with E-state index in [0.29, 0.717) is 5.69 Å². The Kier molecular flexibility index (Phi) is 2.67. The molecule has 1 rings (SSSR count). The van der Waals surface area contributed by atoms with Crippen molar-refractivity contribution in [3.05, 3.63) is 29.6 Å². The molecule has 0 unspecified atom stereocenters. The molecule has 0 saturated carbocycles. The van der Waals surface area contributed by atoms with Crippen molar-refractivity contribution >= 4 is 0 Å². The van der Waals surface area contributed by atoms with E-state index in [4.69, 9.17) is 5.26 Å². The molecule has 0 bridgehead atoms. The average Bonchev–Trinajstić information content (AvgIpc) is 2.02. The topological polar surface area (TPSA) is 36.7 Å². The van der Waals surface area contributed by atoms with E-state index >= 15 is 0 Å². The fraction of sp³-hybridized carbons (Fsp3) is 0.455. The molecule has 1 heterocycles. The van der Waals surface area contributed by atoms with Gasteiger partial charge in [0.1, 0.15) is 11.8 Å². The molecule has 0 fully saturated rings. The molecule has 0 radical (unpaired) electrons. The molecule has 2 nitrogen and oxygen atoms in total. The minimum Gasteiger partial charge on any atom is -0.245 e. The van der Waals surface area contributed by atoms with Gasteiger partial charge in [-0.1, -0.05) is 26.8 Å². The Morgan fingerprint density at radius 2 is 2.15 bits per heavy atom. The van der Waals surface area contributed by atoms with Gasteiger partial charge in [-0.3, -0.25) is 0 Å². The molecule has 0 aliphatic carbocycles. The number of pyridine rings is 1. The average molecular weight is 174 g/mol. The Morgan fingerprint density at radius 1 is 1.46 bits per heavy atom. The number of rotatable bonds is 1. The second-order valence-electron chi connectivity index (χ2n) is 4.36. The lowest BCUT2D eigenvalue weighted by molar-refractivity contribution is 0.410. The summed E-state index contributed by atoms with van der Waals surface area (Å²) in [7, 11) is 0. The summed E-state index contributed by atoms with van der Waals surface area (Å²) in [6.45, 7) is 6.46. The summed E-state index contributed by atoms with van der Waals surface area (Å²) in [6, 6.07) is 5.95. The molecule has 0 spiro atoms. The van der Waals surface area contributed by atoms with E-state index in [1.165, 1.54) is 0 Å². The molecular weight excluding hydrogens is 160 g/mol. The van der Waals surface area contributed by atoms with Crippen molar-refractivity contribution in [2.45, 2.75) is 27.2 Å². The summed E-state index contributed by atoms with van der Waals surface area (Å²) >= 11 is 0. The number of nitrogens with zero attached hydrogens (tertiary/aromatic N) is 2. The molecule has 1 aromatic heterocycles. The first-order valence-electron chi connectivity index (χ1n) is 4.37. The van der Waals surface area contributed by atoms with Crippen LogP contribution < -0.4 is 0 Å². The van der Waals surface area contributed by atoms with Crippen LogP contribution in [0, 0.1) is 16.7 Å². The molecular formula is C11H14N2. The SMILES string of the molecule is CC(C)(C)Cc1cccnc1C#N. The predicted molar refractivity (Wildman–Crippen MR) is 52.1 cm³/mol. The lowest BCUT2D eigenvalue weighted by atomic mass is 9.88. The zero-order valence-corrected chi connectivity index (χ0v) is 8.33. The molecule has 0 saturated heterocycles. The Hall–Kier alpha value is -1.36. The van der Waals surface area contributed by atoms with E-state index in [1.54, 1.807) is 6.20 Å². The molecule has 0 atom stereocenters. The summed E-state index contributed by atoms with van der Waals surface area (Å²) < 4.78 is 0. The van der Waals surface area contributed by atoms with Gasteiger partial charge in [0.25, 0.3) is 0 Å². The third-order valence-corrected chi connectivity index (χ3v) is 1.72. The Bertz CT molecular complexity index is 329. The van der Waals surface area contributed by atoms with E-state index < -0.39 is 0 Å². The molecule has 0 N–H and O–H groups in total. The first-order chi connectivity index (χ1) is 6.03. The molecule has 1 aromatic rings. The highest BCUT2D eigenvalue weighted by atomic mass is 14.7. The van der Waals surface area contributed by atoms with Gasteiger partial charge in [0.05, 0.1) is 0 Å². The van der Waals surface area contributed by atoms with Gasteiger partial charge in [-0.15, -0.1) is 0 Å². The van der Waals surface area contributed by atoms with Gasteiger partial charge in [-0.25, -0.2) is 4.98 Å². The van der Waals surface area contributed by atoms with E-state index in [0.717, 1.165) is 12.0 Å². The molecule has 0 aliphatic heterocycles. The normalized spacial score (nSPS) is 10.9. The van der Waals surface area contributed by atoms with Crippen LogP contribution in [0.3, 0.4) is 0 Å². The lowest BCUT2D eigenvalue weighted by Crippen LogP contribution is -2.10. The van der Waals surface area contributed by atoms with Crippen molar-refractivity contribution in [1.29, 1.82) is 5.26 Å². The van der Waals surface area contributed by atoms with Crippen LogP contribution in [0.1, 0.15) is 32.0 Å². The van der Waals surface area contributed by atoms with E-state index in [9.17, 15) is 0 Å². The fourth-order valence-corrected chi connectivity index (χ4v) is 1.25. The lowest BCUT2D eigenvalue weighted by Gasteiger charge is -2.18. The number of hydrogen-bond acceptors (Lipinski definition) is 2. The van der Waals surface area contributed by atoms with E-state index in [1.807, 2.05) is 12.1 Å². The molecule has 0 aliphatic rings. The van der Waals surface area contributed by atoms with Crippen LogP contribution in [-0.2, 0) is 6.42 Å². The van der Waals surface area contributed by atoms with Gasteiger partial charge >= 0.3 is 0 Å². The maximum Gasteiger partial charge on any atom is 0.143 e. The standard InChI is InChI=1S/C11H14N2/c1-11(2,3)7-9-5-4-6-13-10(9)8-12/h4-6H,7H2,1-3H3. The Balaban J connectivity index is 2.96. The van der Waals surface area contributed by atoms with Crippen molar-refractivity contribution in [1.82, 2.24) is 4.98 Å². The van der Waals surface area contributed by atoms with Gasteiger partial charge < -0.3 is 0 Å². The second-order valence-corrected chi connectivity index (χ2v) is 4.36. The number of nitriles is 1. The maximum absolute atomic E-state index is 8.80. The fourth-order valence-electron chi connectivity index (χ4n) is 1.25. The van der Waals surface area contributed by atoms with Crippen molar-refractivity contribution in [3.63, 3.8) is 0 Å². The molecule has 0 aromatic carbocycles. The minimum absolute atomic E-state index is 0.203. The largest absolute Gasteiger partial charge is 0.245 e. The highest BCUT2D eigenvalue weighted by molar-refractivity contribution is 5.31. The molecule has 2 heteroatoms. The van der Waals surface area contributed by atoms with E-state index in [2.05, 4.69) is 31.8 Å². The van der Waals surface area contributed by atoms with Crippen LogP contribution in [-0.4, -0.2) is 4.98 Å². The van der Waals surface area contributed by atoms with Crippen LogP contribution in [0.4, 0.5) is 0 Å². The van der Waals surface area contributed by atoms with Crippen molar-refractivity contribution in [2.24, 2.45) is 5.41 Å². The summed E-state index contributed by atoms with van der Waals surface area (Å²) in [5.74, 6) is 0. The van der Waals surface area contributed by atoms with Crippen LogP contribution in [0.2, 0.25) is 0 Å². The summed E-state index contributed by atoms with van der Waals surface area (Å²) in [4.78, 5) is 4.02. The van der Waals surface area contributed by atoms with Gasteiger partial charge in [0, 0.05) is 6.20 Å². The van der Waals surface area contributed by atoms with E-state index in [-0.39, 0.29) is 5.41 Å². The highest BCUT2D eigenvalue weighted by Gasteiger charge is 2.13. The quantitative estimate of drug-likeness (QED) is 0.656. The summed E-state index contributed by atoms with van der Waals surface area (Å²) in [5.41, 5.74) is 1.80. The smallest absolute Gasteiger partial charge is 0.143 e. The summed E-state index contributed by atoms with van der Waals surface area (Å²) in [5, 5.41) is 8.80. The third-order valence-electron chi connectivity index (χ3n) is 1.72. The molecule has 13 heavy (non-hydrogen) atoms. The number of aromatic nitrogens is 1. The van der Waals surface area contributed by atoms with Crippen molar-refractivity contribution in [2.75, 3.05) is 0 Å². The monoisotopic (exact) mass is 174 g/mol.